The van der Waals surface area contributed by atoms with Crippen LogP contribution in [-0.4, -0.2) is 93.2 Å². The van der Waals surface area contributed by atoms with Gasteiger partial charge in [0.25, 0.3) is 0 Å². The largest absolute Gasteiger partial charge is 0.491 e. The van der Waals surface area contributed by atoms with Gasteiger partial charge >= 0.3 is 0 Å². The standard InChI is InChI=1S/C24H41N5O.HI/c1-21-10-6-7-11-22(21)30-19-18-28(4)23(25-2)26-20-24(12-16-27(3)17-13-24)29-14-8-5-9-15-29;/h6-7,10-11H,5,8-9,12-20H2,1-4H3,(H,25,26);1H. The average Bonchev–Trinajstić information content (AvgIpc) is 2.77. The molecule has 0 bridgehead atoms. The van der Waals surface area contributed by atoms with Crippen LogP contribution in [-0.2, 0) is 0 Å². The molecule has 2 aliphatic heterocycles. The number of hydrogen-bond donors (Lipinski definition) is 1. The van der Waals surface area contributed by atoms with Gasteiger partial charge in [-0.15, -0.1) is 24.0 Å². The summed E-state index contributed by atoms with van der Waals surface area (Å²) in [6, 6.07) is 8.18. The summed E-state index contributed by atoms with van der Waals surface area (Å²) >= 11 is 0. The van der Waals surface area contributed by atoms with Crippen LogP contribution in [0.4, 0.5) is 0 Å². The molecule has 2 aliphatic rings. The van der Waals surface area contributed by atoms with E-state index in [2.05, 4.69) is 52.1 Å². The van der Waals surface area contributed by atoms with Crippen molar-refractivity contribution in [2.45, 2.75) is 44.6 Å². The zero-order valence-corrected chi connectivity index (χ0v) is 22.2. The first kappa shape index (κ1) is 26.2. The Labute approximate surface area is 206 Å². The summed E-state index contributed by atoms with van der Waals surface area (Å²) in [5.74, 6) is 1.92. The molecule has 0 atom stereocenters. The van der Waals surface area contributed by atoms with Crippen LogP contribution < -0.4 is 10.1 Å². The summed E-state index contributed by atoms with van der Waals surface area (Å²) in [5, 5.41) is 3.71. The van der Waals surface area contributed by atoms with Crippen LogP contribution in [0.25, 0.3) is 0 Å². The third-order valence-corrected chi connectivity index (χ3v) is 6.87. The number of para-hydroxylation sites is 1. The van der Waals surface area contributed by atoms with E-state index in [0.29, 0.717) is 6.61 Å². The van der Waals surface area contributed by atoms with Gasteiger partial charge in [-0.1, -0.05) is 24.6 Å². The van der Waals surface area contributed by atoms with E-state index in [9.17, 15) is 0 Å². The molecular formula is C24H42IN5O. The smallest absolute Gasteiger partial charge is 0.193 e. The second-order valence-electron chi connectivity index (χ2n) is 9.01. The van der Waals surface area contributed by atoms with Gasteiger partial charge in [0.15, 0.2) is 5.96 Å². The maximum absolute atomic E-state index is 5.99. The fourth-order valence-corrected chi connectivity index (χ4v) is 4.75. The summed E-state index contributed by atoms with van der Waals surface area (Å²) in [6.45, 7) is 9.33. The number of aryl methyl sites for hydroxylation is 1. The Hall–Kier alpha value is -1.06. The monoisotopic (exact) mass is 543 g/mol. The normalized spacial score (nSPS) is 20.1. The Kier molecular flexibility index (Phi) is 10.9. The number of nitrogens with zero attached hydrogens (tertiary/aromatic N) is 4. The van der Waals surface area contributed by atoms with E-state index in [4.69, 9.17) is 4.74 Å². The predicted molar refractivity (Wildman–Crippen MR) is 141 cm³/mol. The van der Waals surface area contributed by atoms with E-state index in [1.807, 2.05) is 25.2 Å². The number of guanidine groups is 1. The highest BCUT2D eigenvalue weighted by Crippen LogP contribution is 2.31. The van der Waals surface area contributed by atoms with E-state index in [0.717, 1.165) is 24.8 Å². The minimum absolute atomic E-state index is 0. The third-order valence-electron chi connectivity index (χ3n) is 6.87. The van der Waals surface area contributed by atoms with Gasteiger partial charge in [-0.25, -0.2) is 0 Å². The van der Waals surface area contributed by atoms with E-state index in [1.165, 1.54) is 63.8 Å². The molecule has 6 nitrogen and oxygen atoms in total. The molecule has 0 saturated carbocycles. The summed E-state index contributed by atoms with van der Waals surface area (Å²) in [6.07, 6.45) is 6.51. The van der Waals surface area contributed by atoms with Gasteiger partial charge < -0.3 is 19.9 Å². The van der Waals surface area contributed by atoms with Gasteiger partial charge in [0.05, 0.1) is 6.54 Å². The molecule has 0 aromatic heterocycles. The molecule has 2 fully saturated rings. The Morgan fingerprint density at radius 1 is 1.13 bits per heavy atom. The molecule has 3 rings (SSSR count). The van der Waals surface area contributed by atoms with Crippen LogP contribution in [0.1, 0.15) is 37.7 Å². The van der Waals surface area contributed by atoms with Crippen molar-refractivity contribution in [2.24, 2.45) is 4.99 Å². The van der Waals surface area contributed by atoms with Crippen molar-refractivity contribution >= 4 is 29.9 Å². The summed E-state index contributed by atoms with van der Waals surface area (Å²) in [5.41, 5.74) is 1.43. The number of benzene rings is 1. The Bertz CT molecular complexity index is 684. The Balaban J connectivity index is 0.00000341. The number of piperidine rings is 2. The highest BCUT2D eigenvalue weighted by atomic mass is 127. The molecule has 0 amide bonds. The van der Waals surface area contributed by atoms with Crippen LogP contribution in [0.3, 0.4) is 0 Å². The molecule has 31 heavy (non-hydrogen) atoms. The SMILES string of the molecule is CN=C(NCC1(N2CCCCC2)CCN(C)CC1)N(C)CCOc1ccccc1C.I. The number of likely N-dealkylation sites (N-methyl/N-ethyl adjacent to an activating group) is 1. The lowest BCUT2D eigenvalue weighted by Gasteiger charge is -2.50. The van der Waals surface area contributed by atoms with Crippen LogP contribution in [0, 0.1) is 6.92 Å². The minimum atomic E-state index is 0. The lowest BCUT2D eigenvalue weighted by Crippen LogP contribution is -2.62. The van der Waals surface area contributed by atoms with Crippen molar-refractivity contribution in [3.8, 4) is 5.75 Å². The Morgan fingerprint density at radius 3 is 2.45 bits per heavy atom. The van der Waals surface area contributed by atoms with Crippen LogP contribution in [0.2, 0.25) is 0 Å². The summed E-state index contributed by atoms with van der Waals surface area (Å²) in [7, 11) is 6.22. The first-order valence-electron chi connectivity index (χ1n) is 11.6. The first-order chi connectivity index (χ1) is 14.5. The van der Waals surface area contributed by atoms with E-state index < -0.39 is 0 Å². The van der Waals surface area contributed by atoms with Crippen LogP contribution >= 0.6 is 24.0 Å². The zero-order chi connectivity index (χ0) is 21.4. The molecule has 0 aliphatic carbocycles. The number of likely N-dealkylation sites (tertiary alicyclic amines) is 2. The minimum Gasteiger partial charge on any atom is -0.491 e. The van der Waals surface area contributed by atoms with Gasteiger partial charge in [-0.3, -0.25) is 9.89 Å². The maximum atomic E-state index is 5.99. The fraction of sp³-hybridized carbons (Fsp3) is 0.708. The highest BCUT2D eigenvalue weighted by molar-refractivity contribution is 14.0. The molecule has 2 heterocycles. The van der Waals surface area contributed by atoms with Crippen molar-refractivity contribution in [2.75, 3.05) is 67.0 Å². The second-order valence-corrected chi connectivity index (χ2v) is 9.01. The van der Waals surface area contributed by atoms with E-state index in [1.54, 1.807) is 0 Å². The van der Waals surface area contributed by atoms with Crippen molar-refractivity contribution in [3.05, 3.63) is 29.8 Å². The second kappa shape index (κ2) is 12.8. The van der Waals surface area contributed by atoms with Gasteiger partial charge in [0, 0.05) is 26.2 Å². The molecule has 0 unspecified atom stereocenters. The van der Waals surface area contributed by atoms with Crippen LogP contribution in [0.5, 0.6) is 5.75 Å². The summed E-state index contributed by atoms with van der Waals surface area (Å²) < 4.78 is 5.99. The van der Waals surface area contributed by atoms with E-state index >= 15 is 0 Å². The molecule has 1 N–H and O–H groups in total. The number of rotatable bonds is 7. The van der Waals surface area contributed by atoms with Crippen LogP contribution in [0.15, 0.2) is 29.3 Å². The molecule has 1 aromatic carbocycles. The number of halogens is 1. The van der Waals surface area contributed by atoms with Crippen molar-refractivity contribution in [3.63, 3.8) is 0 Å². The number of hydrogen-bond acceptors (Lipinski definition) is 4. The van der Waals surface area contributed by atoms with Gasteiger partial charge in [-0.05, 0) is 77.5 Å². The van der Waals surface area contributed by atoms with Gasteiger partial charge in [-0.2, -0.15) is 0 Å². The lowest BCUT2D eigenvalue weighted by molar-refractivity contribution is 0.0170. The number of ether oxygens (including phenoxy) is 1. The zero-order valence-electron chi connectivity index (χ0n) is 19.9. The lowest BCUT2D eigenvalue weighted by atomic mass is 9.84. The molecule has 1 aromatic rings. The maximum Gasteiger partial charge on any atom is 0.193 e. The predicted octanol–water partition coefficient (Wildman–Crippen LogP) is 3.45. The Morgan fingerprint density at radius 2 is 1.81 bits per heavy atom. The highest BCUT2D eigenvalue weighted by Gasteiger charge is 2.39. The molecule has 2 saturated heterocycles. The quantitative estimate of drug-likeness (QED) is 0.324. The molecule has 176 valence electrons. The van der Waals surface area contributed by atoms with Crippen molar-refractivity contribution in [1.82, 2.24) is 20.0 Å². The van der Waals surface area contributed by atoms with Gasteiger partial charge in [0.1, 0.15) is 12.4 Å². The number of nitrogens with one attached hydrogen (secondary N) is 1. The third kappa shape index (κ3) is 7.22. The van der Waals surface area contributed by atoms with Crippen molar-refractivity contribution in [1.29, 1.82) is 0 Å². The topological polar surface area (TPSA) is 43.3 Å². The van der Waals surface area contributed by atoms with Crippen molar-refractivity contribution < 1.29 is 4.74 Å². The fourth-order valence-electron chi connectivity index (χ4n) is 4.75. The summed E-state index contributed by atoms with van der Waals surface area (Å²) in [4.78, 5) is 12.0. The average molecular weight is 544 g/mol. The molecule has 0 spiro atoms. The number of aliphatic imine (C=N–C) groups is 1. The first-order valence-corrected chi connectivity index (χ1v) is 11.6. The molecule has 0 radical (unpaired) electrons. The molecular weight excluding hydrogens is 501 g/mol. The van der Waals surface area contributed by atoms with Gasteiger partial charge in [0.2, 0.25) is 0 Å². The van der Waals surface area contributed by atoms with E-state index in [-0.39, 0.29) is 29.5 Å². The molecule has 7 heteroatoms.